The van der Waals surface area contributed by atoms with Crippen molar-refractivity contribution in [2.45, 2.75) is 19.1 Å². The van der Waals surface area contributed by atoms with Crippen molar-refractivity contribution in [3.63, 3.8) is 0 Å². The zero-order chi connectivity index (χ0) is 15.3. The molecule has 0 aliphatic carbocycles. The van der Waals surface area contributed by atoms with E-state index in [1.807, 2.05) is 60.7 Å². The normalized spacial score (nSPS) is 13.4. The van der Waals surface area contributed by atoms with E-state index < -0.39 is 11.6 Å². The molecule has 2 aromatic carbocycles. The highest BCUT2D eigenvalue weighted by atomic mass is 16.5. The molecule has 0 bridgehead atoms. The molecule has 0 radical (unpaired) electrons. The Hall–Kier alpha value is -2.39. The smallest absolute Gasteiger partial charge is 0.334 e. The van der Waals surface area contributed by atoms with Gasteiger partial charge in [-0.05, 0) is 18.1 Å². The van der Waals surface area contributed by atoms with Gasteiger partial charge in [-0.2, -0.15) is 0 Å². The number of benzene rings is 2. The van der Waals surface area contributed by atoms with Crippen LogP contribution in [-0.4, -0.2) is 11.1 Å². The third-order valence-electron chi connectivity index (χ3n) is 3.53. The van der Waals surface area contributed by atoms with Gasteiger partial charge in [0.15, 0.2) is 0 Å². The molecule has 1 N–H and O–H groups in total. The van der Waals surface area contributed by atoms with Crippen molar-refractivity contribution in [3.8, 4) is 0 Å². The molecule has 108 valence electrons. The quantitative estimate of drug-likeness (QED) is 0.821. The molecule has 0 amide bonds. The number of aliphatic carboxylic acids is 1. The van der Waals surface area contributed by atoms with Crippen LogP contribution in [0.25, 0.3) is 0 Å². The van der Waals surface area contributed by atoms with E-state index in [4.69, 9.17) is 4.74 Å². The second-order valence-corrected chi connectivity index (χ2v) is 4.96. The van der Waals surface area contributed by atoms with Gasteiger partial charge in [-0.1, -0.05) is 67.2 Å². The molecular weight excluding hydrogens is 264 g/mol. The average molecular weight is 282 g/mol. The van der Waals surface area contributed by atoms with Gasteiger partial charge in [0.1, 0.15) is 5.60 Å². The number of ether oxygens (including phenoxy) is 1. The van der Waals surface area contributed by atoms with E-state index in [1.165, 1.54) is 0 Å². The van der Waals surface area contributed by atoms with Gasteiger partial charge in [-0.15, -0.1) is 0 Å². The van der Waals surface area contributed by atoms with E-state index in [2.05, 4.69) is 6.58 Å². The molecule has 2 aromatic rings. The molecule has 3 nitrogen and oxygen atoms in total. The maximum absolute atomic E-state index is 11.4. The maximum Gasteiger partial charge on any atom is 0.334 e. The second kappa shape index (κ2) is 6.37. The fourth-order valence-corrected chi connectivity index (χ4v) is 2.11. The van der Waals surface area contributed by atoms with Crippen LogP contribution in [0.5, 0.6) is 0 Å². The number of hydrogen-bond acceptors (Lipinski definition) is 2. The Balaban J connectivity index is 2.29. The molecule has 0 saturated carbocycles. The molecule has 0 fully saturated rings. The first-order valence-electron chi connectivity index (χ1n) is 6.70. The largest absolute Gasteiger partial charge is 0.478 e. The van der Waals surface area contributed by atoms with Crippen LogP contribution >= 0.6 is 0 Å². The third-order valence-corrected chi connectivity index (χ3v) is 3.53. The molecule has 3 heteroatoms. The Morgan fingerprint density at radius 2 is 1.62 bits per heavy atom. The monoisotopic (exact) mass is 282 g/mol. The van der Waals surface area contributed by atoms with Gasteiger partial charge in [0.25, 0.3) is 0 Å². The molecule has 0 spiro atoms. The van der Waals surface area contributed by atoms with Crippen LogP contribution in [0.15, 0.2) is 72.8 Å². The van der Waals surface area contributed by atoms with Gasteiger partial charge in [0.2, 0.25) is 0 Å². The van der Waals surface area contributed by atoms with Gasteiger partial charge in [-0.3, -0.25) is 0 Å². The molecule has 1 unspecified atom stereocenters. The van der Waals surface area contributed by atoms with Crippen LogP contribution < -0.4 is 0 Å². The summed E-state index contributed by atoms with van der Waals surface area (Å²) in [7, 11) is 0. The number of carboxylic acids is 1. The Morgan fingerprint density at radius 1 is 1.10 bits per heavy atom. The first-order valence-corrected chi connectivity index (χ1v) is 6.70. The Bertz CT molecular complexity index is 619. The first-order chi connectivity index (χ1) is 10.0. The van der Waals surface area contributed by atoms with Gasteiger partial charge in [0, 0.05) is 0 Å². The van der Waals surface area contributed by atoms with Crippen molar-refractivity contribution in [1.82, 2.24) is 0 Å². The topological polar surface area (TPSA) is 46.5 Å². The molecule has 0 aliphatic heterocycles. The minimum Gasteiger partial charge on any atom is -0.478 e. The Kier molecular flexibility index (Phi) is 4.55. The number of rotatable bonds is 6. The van der Waals surface area contributed by atoms with Gasteiger partial charge >= 0.3 is 5.97 Å². The maximum atomic E-state index is 11.4. The van der Waals surface area contributed by atoms with Crippen molar-refractivity contribution in [3.05, 3.63) is 83.9 Å². The molecule has 21 heavy (non-hydrogen) atoms. The lowest BCUT2D eigenvalue weighted by atomic mass is 9.88. The van der Waals surface area contributed by atoms with Crippen LogP contribution in [0.2, 0.25) is 0 Å². The summed E-state index contributed by atoms with van der Waals surface area (Å²) in [5.41, 5.74) is 0.707. The van der Waals surface area contributed by atoms with Crippen molar-refractivity contribution < 1.29 is 14.6 Å². The Morgan fingerprint density at radius 3 is 2.14 bits per heavy atom. The summed E-state index contributed by atoms with van der Waals surface area (Å²) in [5, 5.41) is 9.30. The zero-order valence-corrected chi connectivity index (χ0v) is 12.0. The van der Waals surface area contributed by atoms with Crippen LogP contribution in [0, 0.1) is 0 Å². The highest BCUT2D eigenvalue weighted by molar-refractivity contribution is 5.88. The van der Waals surface area contributed by atoms with E-state index in [1.54, 1.807) is 6.92 Å². The third kappa shape index (κ3) is 3.38. The second-order valence-electron chi connectivity index (χ2n) is 4.96. The van der Waals surface area contributed by atoms with E-state index >= 15 is 0 Å². The van der Waals surface area contributed by atoms with E-state index in [0.29, 0.717) is 6.61 Å². The predicted molar refractivity (Wildman–Crippen MR) is 81.8 cm³/mol. The SMILES string of the molecule is C=C(C(=O)O)C(C)(OCc1ccccc1)c1ccccc1. The standard InChI is InChI=1S/C18H18O3/c1-14(17(19)20)18(2,16-11-7-4-8-12-16)21-13-15-9-5-3-6-10-15/h3-12H,1,13H2,2H3,(H,19,20). The van der Waals surface area contributed by atoms with E-state index in [-0.39, 0.29) is 5.57 Å². The molecule has 0 saturated heterocycles. The van der Waals surface area contributed by atoms with Crippen LogP contribution in [0.4, 0.5) is 0 Å². The fraction of sp³-hybridized carbons (Fsp3) is 0.167. The van der Waals surface area contributed by atoms with Crippen molar-refractivity contribution in [2.24, 2.45) is 0 Å². The molecule has 0 aliphatic rings. The molecule has 0 aromatic heterocycles. The number of carboxylic acid groups (broad SMARTS) is 1. The minimum atomic E-state index is -1.07. The fourth-order valence-electron chi connectivity index (χ4n) is 2.11. The molecule has 0 heterocycles. The van der Waals surface area contributed by atoms with Crippen LogP contribution in [0.3, 0.4) is 0 Å². The lowest BCUT2D eigenvalue weighted by molar-refractivity contribution is -0.136. The predicted octanol–water partition coefficient (Wildman–Crippen LogP) is 3.76. The Labute approximate surface area is 124 Å². The van der Waals surface area contributed by atoms with E-state index in [9.17, 15) is 9.90 Å². The van der Waals surface area contributed by atoms with Crippen LogP contribution in [-0.2, 0) is 21.7 Å². The summed E-state index contributed by atoms with van der Waals surface area (Å²) in [6.45, 7) is 5.75. The number of hydrogen-bond donors (Lipinski definition) is 1. The van der Waals surface area contributed by atoms with Crippen LogP contribution in [0.1, 0.15) is 18.1 Å². The van der Waals surface area contributed by atoms with Crippen molar-refractivity contribution >= 4 is 5.97 Å². The number of carbonyl (C=O) groups is 1. The van der Waals surface area contributed by atoms with Gasteiger partial charge in [0.05, 0.1) is 12.2 Å². The molecule has 1 atom stereocenters. The summed E-state index contributed by atoms with van der Waals surface area (Å²) < 4.78 is 5.94. The first kappa shape index (κ1) is 15.0. The highest BCUT2D eigenvalue weighted by Gasteiger charge is 2.35. The summed E-state index contributed by atoms with van der Waals surface area (Å²) in [5.74, 6) is -1.06. The minimum absolute atomic E-state index is 0.0182. The lowest BCUT2D eigenvalue weighted by Gasteiger charge is -2.30. The van der Waals surface area contributed by atoms with Gasteiger partial charge < -0.3 is 9.84 Å². The van der Waals surface area contributed by atoms with E-state index in [0.717, 1.165) is 11.1 Å². The highest BCUT2D eigenvalue weighted by Crippen LogP contribution is 2.33. The molecule has 2 rings (SSSR count). The summed E-state index contributed by atoms with van der Waals surface area (Å²) in [4.78, 5) is 11.4. The summed E-state index contributed by atoms with van der Waals surface area (Å²) >= 11 is 0. The summed E-state index contributed by atoms with van der Waals surface area (Å²) in [6.07, 6.45) is 0. The van der Waals surface area contributed by atoms with Gasteiger partial charge in [-0.25, -0.2) is 4.79 Å². The lowest BCUT2D eigenvalue weighted by Crippen LogP contribution is -2.31. The van der Waals surface area contributed by atoms with Crippen molar-refractivity contribution in [1.29, 1.82) is 0 Å². The summed E-state index contributed by atoms with van der Waals surface area (Å²) in [6, 6.07) is 18.9. The zero-order valence-electron chi connectivity index (χ0n) is 12.0. The molecular formula is C18H18O3. The average Bonchev–Trinajstić information content (AvgIpc) is 2.53. The van der Waals surface area contributed by atoms with Crippen molar-refractivity contribution in [2.75, 3.05) is 0 Å².